The van der Waals surface area contributed by atoms with Crippen LogP contribution in [0.3, 0.4) is 0 Å². The molecule has 0 aromatic rings. The average molecular weight is 730 g/mol. The molecule has 0 aromatic heterocycles. The minimum atomic E-state index is -1.97. The molecule has 0 amide bonds. The molecule has 4 aliphatic carbocycles. The van der Waals surface area contributed by atoms with Crippen molar-refractivity contribution in [3.05, 3.63) is 23.3 Å². The maximum absolute atomic E-state index is 14.7. The zero-order valence-corrected chi connectivity index (χ0v) is 32.2. The van der Waals surface area contributed by atoms with Gasteiger partial charge >= 0.3 is 5.97 Å². The van der Waals surface area contributed by atoms with Crippen molar-refractivity contribution >= 4 is 17.5 Å². The fourth-order valence-electron chi connectivity index (χ4n) is 11.0. The van der Waals surface area contributed by atoms with Gasteiger partial charge in [0.25, 0.3) is 5.60 Å². The molecule has 2 heterocycles. The molecule has 9 N–H and O–H groups in total. The number of esters is 1. The Hall–Kier alpha value is -1.99. The predicted molar refractivity (Wildman–Crippen MR) is 195 cm³/mol. The van der Waals surface area contributed by atoms with Crippen LogP contribution in [0.1, 0.15) is 110 Å². The number of nitrogens with one attached hydrogen (secondary N) is 1. The Labute approximate surface area is 310 Å². The monoisotopic (exact) mass is 730 g/mol. The van der Waals surface area contributed by atoms with Crippen molar-refractivity contribution in [2.75, 3.05) is 40.0 Å². The minimum Gasteiger partial charge on any atom is -0.459 e. The summed E-state index contributed by atoms with van der Waals surface area (Å²) in [6.45, 7) is 6.79. The number of nitrogens with two attached hydrogens (primary N) is 3. The third-order valence-electron chi connectivity index (χ3n) is 14.0. The van der Waals surface area contributed by atoms with E-state index in [1.165, 1.54) is 0 Å². The third-order valence-corrected chi connectivity index (χ3v) is 14.0. The molecular weight excluding hydrogens is 660 g/mol. The van der Waals surface area contributed by atoms with Crippen LogP contribution in [0.2, 0.25) is 0 Å². The van der Waals surface area contributed by atoms with Gasteiger partial charge in [-0.25, -0.2) is 10.1 Å². The number of quaternary nitrogens is 3. The Bertz CT molecular complexity index is 1340. The van der Waals surface area contributed by atoms with Gasteiger partial charge in [-0.05, 0) is 101 Å². The Morgan fingerprint density at radius 2 is 1.90 bits per heavy atom. The summed E-state index contributed by atoms with van der Waals surface area (Å²) in [6.07, 6.45) is 16.6. The van der Waals surface area contributed by atoms with Gasteiger partial charge in [0, 0.05) is 43.6 Å². The molecule has 292 valence electrons. The number of carbonyl (C=O) groups excluding carboxylic acids is 3. The minimum absolute atomic E-state index is 0.0119. The maximum atomic E-state index is 14.7. The van der Waals surface area contributed by atoms with Gasteiger partial charge in [-0.2, -0.15) is 0 Å². The summed E-state index contributed by atoms with van der Waals surface area (Å²) in [6, 6.07) is 0.254. The highest BCUT2D eigenvalue weighted by Crippen LogP contribution is 2.62. The van der Waals surface area contributed by atoms with Gasteiger partial charge in [0.2, 0.25) is 0 Å². The Morgan fingerprint density at radius 3 is 2.63 bits per heavy atom. The number of fused-ring (bicyclic) bond motifs is 3. The van der Waals surface area contributed by atoms with E-state index in [1.807, 2.05) is 6.92 Å². The lowest BCUT2D eigenvalue weighted by Gasteiger charge is -2.43. The zero-order chi connectivity index (χ0) is 36.9. The van der Waals surface area contributed by atoms with Crippen LogP contribution in [-0.2, 0) is 23.9 Å². The lowest BCUT2D eigenvalue weighted by molar-refractivity contribution is -0.716. The van der Waals surface area contributed by atoms with Crippen LogP contribution < -0.4 is 21.3 Å². The highest BCUT2D eigenvalue weighted by molar-refractivity contribution is 6.23. The number of ketones is 2. The molecule has 11 heteroatoms. The summed E-state index contributed by atoms with van der Waals surface area (Å²) in [5, 5.41) is 31.1. The van der Waals surface area contributed by atoms with Crippen molar-refractivity contribution in [2.24, 2.45) is 35.5 Å². The van der Waals surface area contributed by atoms with Crippen LogP contribution in [0.5, 0.6) is 0 Å². The molecule has 2 saturated heterocycles. The van der Waals surface area contributed by atoms with Crippen LogP contribution in [-0.4, -0.2) is 97.3 Å². The van der Waals surface area contributed by atoms with E-state index in [2.05, 4.69) is 47.4 Å². The van der Waals surface area contributed by atoms with Gasteiger partial charge in [0.1, 0.15) is 18.9 Å². The Morgan fingerprint density at radius 1 is 1.12 bits per heavy atom. The third kappa shape index (κ3) is 7.88. The number of Topliss-reactive ketones (excluding diaryl/α,β-unsaturated/α-hetero) is 2. The molecule has 0 radical (unpaired) electrons. The molecule has 0 bridgehead atoms. The van der Waals surface area contributed by atoms with Gasteiger partial charge < -0.3 is 35.6 Å². The molecule has 6 rings (SSSR count). The average Bonchev–Trinajstić information content (AvgIpc) is 3.87. The van der Waals surface area contributed by atoms with E-state index < -0.39 is 35.1 Å². The van der Waals surface area contributed by atoms with Gasteiger partial charge in [-0.3, -0.25) is 9.59 Å². The number of ether oxygens (including phenoxy) is 2. The van der Waals surface area contributed by atoms with E-state index in [-0.39, 0.29) is 43.2 Å². The molecule has 5 fully saturated rings. The quantitative estimate of drug-likeness (QED) is 0.0415. The first-order valence-electron chi connectivity index (χ1n) is 21.0. The second-order valence-corrected chi connectivity index (χ2v) is 17.1. The normalized spacial score (nSPS) is 38.1. The number of aliphatic hydroxyl groups excluding tert-OH is 2. The summed E-state index contributed by atoms with van der Waals surface area (Å²) in [5.41, 5.74) is -1.89. The van der Waals surface area contributed by atoms with Crippen molar-refractivity contribution in [1.29, 1.82) is 0 Å². The predicted octanol–water partition coefficient (Wildman–Crippen LogP) is 0.600. The Kier molecular flexibility index (Phi) is 13.5. The van der Waals surface area contributed by atoms with E-state index in [1.54, 1.807) is 0 Å². The molecule has 11 nitrogen and oxygen atoms in total. The van der Waals surface area contributed by atoms with E-state index in [0.717, 1.165) is 89.5 Å². The fourth-order valence-corrected chi connectivity index (χ4v) is 11.0. The van der Waals surface area contributed by atoms with Crippen molar-refractivity contribution < 1.29 is 50.0 Å². The summed E-state index contributed by atoms with van der Waals surface area (Å²) in [4.78, 5) is 43.9. The first-order valence-corrected chi connectivity index (χ1v) is 21.0. The lowest BCUT2D eigenvalue weighted by Crippen LogP contribution is -2.97. The topological polar surface area (TPSA) is 175 Å². The molecule has 4 unspecified atom stereocenters. The van der Waals surface area contributed by atoms with Crippen molar-refractivity contribution in [2.45, 2.75) is 140 Å². The molecule has 0 spiro atoms. The van der Waals surface area contributed by atoms with Gasteiger partial charge in [-0.1, -0.05) is 30.6 Å². The van der Waals surface area contributed by atoms with E-state index in [9.17, 15) is 24.6 Å². The lowest BCUT2D eigenvalue weighted by atomic mass is 9.60. The molecular formula is C41H69N4O7+3. The van der Waals surface area contributed by atoms with E-state index in [4.69, 9.17) is 9.47 Å². The second-order valence-electron chi connectivity index (χ2n) is 17.1. The highest BCUT2D eigenvalue weighted by atomic mass is 16.7. The molecule has 6 aliphatic rings. The largest absolute Gasteiger partial charge is 0.459 e. The first-order chi connectivity index (χ1) is 25.2. The summed E-state index contributed by atoms with van der Waals surface area (Å²) in [5.74, 6) is -0.503. The van der Waals surface area contributed by atoms with Crippen LogP contribution in [0, 0.1) is 35.5 Å². The van der Waals surface area contributed by atoms with Gasteiger partial charge in [0.05, 0.1) is 32.8 Å². The number of rotatable bonds is 17. The van der Waals surface area contributed by atoms with Crippen LogP contribution in [0.25, 0.3) is 0 Å². The summed E-state index contributed by atoms with van der Waals surface area (Å²) < 4.78 is 12.9. The van der Waals surface area contributed by atoms with Crippen LogP contribution >= 0.6 is 0 Å². The van der Waals surface area contributed by atoms with E-state index >= 15 is 0 Å². The molecule has 3 saturated carbocycles. The number of carbonyl (C=O) groups is 3. The standard InChI is InChI=1S/C41H66N4O7/c1-4-43-34-22-29-11-6-5-10-28(29)21-33(34)35(14-9-19-46)51-39(50)41-38(49)32-13-8-7-12-31(32)37(48)40(41,52-41)23-30(24-47)26(2)15-16-27-17-18-44-36(20-27)45-25-42-3/h6,11,27-29,31-36,42-47H,4-5,7-10,12-25H2,1-3H3/p+3/t27?,28-,29-,31?,32?,33-,34-,35-,36?,40-,41-/m0/s1. The van der Waals surface area contributed by atoms with Crippen molar-refractivity contribution in [1.82, 2.24) is 5.32 Å². The number of allylic oxidation sites excluding steroid dienone is 3. The summed E-state index contributed by atoms with van der Waals surface area (Å²) in [7, 11) is 2.06. The number of hydrogen-bond donors (Lipinski definition) is 6. The zero-order valence-electron chi connectivity index (χ0n) is 32.2. The van der Waals surface area contributed by atoms with Crippen LogP contribution in [0.4, 0.5) is 0 Å². The fraction of sp³-hybridized carbons (Fsp3) is 0.829. The first kappa shape index (κ1) is 39.7. The second kappa shape index (κ2) is 17.6. The number of hydrogen-bond acceptors (Lipinski definition) is 8. The maximum Gasteiger partial charge on any atom is 0.350 e. The molecule has 0 aromatic carbocycles. The number of aliphatic hydroxyl groups is 2. The smallest absolute Gasteiger partial charge is 0.350 e. The number of epoxide rings is 1. The van der Waals surface area contributed by atoms with Gasteiger partial charge in [-0.15, -0.1) is 0 Å². The van der Waals surface area contributed by atoms with E-state index in [0.29, 0.717) is 55.2 Å². The van der Waals surface area contributed by atoms with Crippen molar-refractivity contribution in [3.63, 3.8) is 0 Å². The molecule has 11 atom stereocenters. The highest BCUT2D eigenvalue weighted by Gasteiger charge is 2.87. The molecule has 2 aliphatic heterocycles. The van der Waals surface area contributed by atoms with Gasteiger partial charge in [0.15, 0.2) is 17.2 Å². The van der Waals surface area contributed by atoms with Crippen molar-refractivity contribution in [3.8, 4) is 0 Å². The van der Waals surface area contributed by atoms with Crippen LogP contribution in [0.15, 0.2) is 23.3 Å². The Balaban J connectivity index is 1.24. The SMILES string of the molecule is CC[NH2+][C@H]1C[C@@H]2C=CCC[C@H]2C[C@@H]1[C@H](CCCO)OC(=O)[C@]12O[C@@]1(CC(CO)=C(C)CCC1CC[NH2+]C(NC[NH2+]C)C1)C(=O)C1CCCCC1C2=O. The molecule has 52 heavy (non-hydrogen) atoms. The number of piperidine rings is 1. The summed E-state index contributed by atoms with van der Waals surface area (Å²) >= 11 is 0.